The predicted octanol–water partition coefficient (Wildman–Crippen LogP) is 4.90. The van der Waals surface area contributed by atoms with Gasteiger partial charge in [0.2, 0.25) is 0 Å². The number of aryl methyl sites for hydroxylation is 2. The van der Waals surface area contributed by atoms with Gasteiger partial charge in [-0.1, -0.05) is 19.1 Å². The van der Waals surface area contributed by atoms with Gasteiger partial charge in [0.1, 0.15) is 15.6 Å². The molecule has 0 aliphatic heterocycles. The smallest absolute Gasteiger partial charge is 0.348 e. The van der Waals surface area contributed by atoms with E-state index in [2.05, 4.69) is 10.4 Å². The summed E-state index contributed by atoms with van der Waals surface area (Å²) < 4.78 is 17.7. The molecule has 0 fully saturated rings. The summed E-state index contributed by atoms with van der Waals surface area (Å²) in [7, 11) is 0. The number of hydrogen-bond donors (Lipinski definition) is 1. The Hall–Kier alpha value is -3.66. The van der Waals surface area contributed by atoms with E-state index >= 15 is 0 Å². The Morgan fingerprint density at radius 1 is 1.06 bits per heavy atom. The van der Waals surface area contributed by atoms with Gasteiger partial charge in [-0.3, -0.25) is 4.79 Å². The maximum atomic E-state index is 12.9. The topological polar surface area (TPSA) is 109 Å². The molecule has 0 spiro atoms. The van der Waals surface area contributed by atoms with Crippen LogP contribution >= 0.6 is 11.3 Å². The highest BCUT2D eigenvalue weighted by Crippen LogP contribution is 2.34. The average Bonchev–Trinajstić information content (AvgIpc) is 3.43. The molecule has 10 heteroatoms. The summed E-state index contributed by atoms with van der Waals surface area (Å²) in [6.45, 7) is 9.66. The quantitative estimate of drug-likeness (QED) is 0.395. The number of amides is 1. The first-order valence-electron chi connectivity index (χ1n) is 11.3. The number of esters is 2. The van der Waals surface area contributed by atoms with E-state index in [4.69, 9.17) is 14.2 Å². The minimum absolute atomic E-state index is 0.122. The summed E-state index contributed by atoms with van der Waals surface area (Å²) in [6.07, 6.45) is 2.27. The molecule has 9 nitrogen and oxygen atoms in total. The SMILES string of the molecule is CCCOC(=O)c1c(NC(=O)c2ccn(COc3cc(C)ccc3C)n2)sc(C(=O)OCC)c1C. The van der Waals surface area contributed by atoms with E-state index in [1.165, 1.54) is 4.68 Å². The molecule has 0 aliphatic carbocycles. The maximum Gasteiger partial charge on any atom is 0.348 e. The van der Waals surface area contributed by atoms with Crippen molar-refractivity contribution in [2.75, 3.05) is 18.5 Å². The molecule has 35 heavy (non-hydrogen) atoms. The monoisotopic (exact) mass is 499 g/mol. The summed E-state index contributed by atoms with van der Waals surface area (Å²) in [5, 5.41) is 7.17. The molecule has 0 unspecified atom stereocenters. The molecule has 3 rings (SSSR count). The summed E-state index contributed by atoms with van der Waals surface area (Å²) in [6, 6.07) is 7.46. The summed E-state index contributed by atoms with van der Waals surface area (Å²) in [4.78, 5) is 38.2. The lowest BCUT2D eigenvalue weighted by molar-refractivity contribution is 0.0506. The third kappa shape index (κ3) is 6.27. The first kappa shape index (κ1) is 26.0. The average molecular weight is 500 g/mol. The predicted molar refractivity (Wildman–Crippen MR) is 132 cm³/mol. The van der Waals surface area contributed by atoms with Gasteiger partial charge in [0, 0.05) is 6.20 Å². The second-order valence-electron chi connectivity index (χ2n) is 7.85. The summed E-state index contributed by atoms with van der Waals surface area (Å²) >= 11 is 0.970. The van der Waals surface area contributed by atoms with Crippen LogP contribution in [0.5, 0.6) is 5.75 Å². The molecule has 0 atom stereocenters. The van der Waals surface area contributed by atoms with E-state index in [-0.39, 0.29) is 41.1 Å². The molecule has 1 aromatic carbocycles. The zero-order valence-corrected chi connectivity index (χ0v) is 21.3. The fourth-order valence-electron chi connectivity index (χ4n) is 3.23. The Morgan fingerprint density at radius 2 is 1.83 bits per heavy atom. The van der Waals surface area contributed by atoms with E-state index in [0.29, 0.717) is 12.0 Å². The number of aromatic nitrogens is 2. The van der Waals surface area contributed by atoms with Crippen LogP contribution in [0.25, 0.3) is 0 Å². The van der Waals surface area contributed by atoms with Gasteiger partial charge < -0.3 is 19.5 Å². The lowest BCUT2D eigenvalue weighted by atomic mass is 10.1. The van der Waals surface area contributed by atoms with E-state index in [0.717, 1.165) is 28.2 Å². The van der Waals surface area contributed by atoms with Crippen molar-refractivity contribution in [3.8, 4) is 5.75 Å². The van der Waals surface area contributed by atoms with Crippen molar-refractivity contribution in [1.82, 2.24) is 9.78 Å². The second-order valence-corrected chi connectivity index (χ2v) is 8.87. The van der Waals surface area contributed by atoms with Gasteiger partial charge in [0.15, 0.2) is 12.4 Å². The number of carbonyl (C=O) groups excluding carboxylic acids is 3. The van der Waals surface area contributed by atoms with Crippen molar-refractivity contribution in [1.29, 1.82) is 0 Å². The van der Waals surface area contributed by atoms with Gasteiger partial charge in [0.25, 0.3) is 5.91 Å². The van der Waals surface area contributed by atoms with Gasteiger partial charge in [-0.15, -0.1) is 11.3 Å². The Labute approximate surface area is 208 Å². The van der Waals surface area contributed by atoms with Crippen LogP contribution in [0.15, 0.2) is 30.5 Å². The number of thiophene rings is 1. The molecular weight excluding hydrogens is 470 g/mol. The van der Waals surface area contributed by atoms with Crippen molar-refractivity contribution in [2.45, 2.75) is 47.8 Å². The van der Waals surface area contributed by atoms with E-state index in [1.807, 2.05) is 39.0 Å². The highest BCUT2D eigenvalue weighted by Gasteiger charge is 2.28. The van der Waals surface area contributed by atoms with Crippen molar-refractivity contribution >= 4 is 34.2 Å². The van der Waals surface area contributed by atoms with Gasteiger partial charge in [-0.05, 0) is 62.9 Å². The zero-order valence-electron chi connectivity index (χ0n) is 20.5. The molecular formula is C25H29N3O6S. The van der Waals surface area contributed by atoms with E-state index in [9.17, 15) is 14.4 Å². The molecule has 1 amide bonds. The number of nitrogens with zero attached hydrogens (tertiary/aromatic N) is 2. The standard InChI is InChI=1S/C25H29N3O6S/c1-6-12-33-24(30)20-17(5)21(25(31)32-7-2)35-23(20)26-22(29)18-10-11-28(27-18)14-34-19-13-15(3)8-9-16(19)4/h8-11,13H,6-7,12,14H2,1-5H3,(H,26,29). The lowest BCUT2D eigenvalue weighted by Gasteiger charge is -2.10. The molecule has 186 valence electrons. The number of nitrogens with one attached hydrogen (secondary N) is 1. The number of anilines is 1. The van der Waals surface area contributed by atoms with Crippen molar-refractivity contribution < 1.29 is 28.6 Å². The summed E-state index contributed by atoms with van der Waals surface area (Å²) in [5.41, 5.74) is 2.74. The Balaban J connectivity index is 1.78. The molecule has 3 aromatic rings. The van der Waals surface area contributed by atoms with Crippen LogP contribution in [-0.2, 0) is 16.2 Å². The van der Waals surface area contributed by atoms with Gasteiger partial charge >= 0.3 is 11.9 Å². The number of benzene rings is 1. The van der Waals surface area contributed by atoms with E-state index < -0.39 is 17.8 Å². The van der Waals surface area contributed by atoms with Crippen LogP contribution in [0, 0.1) is 20.8 Å². The maximum absolute atomic E-state index is 12.9. The Morgan fingerprint density at radius 3 is 2.54 bits per heavy atom. The second kappa shape index (κ2) is 11.7. The normalized spacial score (nSPS) is 10.7. The fourth-order valence-corrected chi connectivity index (χ4v) is 4.31. The minimum Gasteiger partial charge on any atom is -0.471 e. The zero-order chi connectivity index (χ0) is 25.5. The molecule has 2 heterocycles. The highest BCUT2D eigenvalue weighted by atomic mass is 32.1. The van der Waals surface area contributed by atoms with Crippen LogP contribution in [0.1, 0.15) is 67.5 Å². The number of carbonyl (C=O) groups is 3. The Bertz CT molecular complexity index is 1230. The number of rotatable bonds is 10. The van der Waals surface area contributed by atoms with Gasteiger partial charge in [0.05, 0.1) is 18.8 Å². The first-order valence-corrected chi connectivity index (χ1v) is 12.1. The molecule has 0 aliphatic rings. The molecule has 1 N–H and O–H groups in total. The minimum atomic E-state index is -0.612. The van der Waals surface area contributed by atoms with E-state index in [1.54, 1.807) is 26.1 Å². The van der Waals surface area contributed by atoms with Crippen LogP contribution in [0.4, 0.5) is 5.00 Å². The first-order chi connectivity index (χ1) is 16.7. The van der Waals surface area contributed by atoms with Crippen molar-refractivity contribution in [3.05, 3.63) is 63.3 Å². The molecule has 0 radical (unpaired) electrons. The van der Waals surface area contributed by atoms with Crippen molar-refractivity contribution in [3.63, 3.8) is 0 Å². The molecule has 0 bridgehead atoms. The largest absolute Gasteiger partial charge is 0.471 e. The van der Waals surface area contributed by atoms with Crippen LogP contribution in [0.2, 0.25) is 0 Å². The van der Waals surface area contributed by atoms with Crippen LogP contribution in [0.3, 0.4) is 0 Å². The molecule has 0 saturated carbocycles. The molecule has 2 aromatic heterocycles. The fraction of sp³-hybridized carbons (Fsp3) is 0.360. The lowest BCUT2D eigenvalue weighted by Crippen LogP contribution is -2.16. The third-order valence-corrected chi connectivity index (χ3v) is 6.23. The van der Waals surface area contributed by atoms with Gasteiger partial charge in [-0.2, -0.15) is 5.10 Å². The van der Waals surface area contributed by atoms with Crippen LogP contribution < -0.4 is 10.1 Å². The molecule has 0 saturated heterocycles. The van der Waals surface area contributed by atoms with Crippen LogP contribution in [-0.4, -0.2) is 40.8 Å². The van der Waals surface area contributed by atoms with Gasteiger partial charge in [-0.25, -0.2) is 14.3 Å². The summed E-state index contributed by atoms with van der Waals surface area (Å²) in [5.74, 6) is -0.967. The Kier molecular flexibility index (Phi) is 8.64. The number of hydrogen-bond acceptors (Lipinski definition) is 8. The third-order valence-electron chi connectivity index (χ3n) is 5.05. The highest BCUT2D eigenvalue weighted by molar-refractivity contribution is 7.18. The number of ether oxygens (including phenoxy) is 3. The van der Waals surface area contributed by atoms with Crippen molar-refractivity contribution in [2.24, 2.45) is 0 Å².